The van der Waals surface area contributed by atoms with Crippen molar-refractivity contribution < 1.29 is 9.21 Å². The molecule has 0 aliphatic rings. The molecule has 0 aliphatic heterocycles. The summed E-state index contributed by atoms with van der Waals surface area (Å²) in [5.41, 5.74) is 0.843. The number of pyridine rings is 1. The summed E-state index contributed by atoms with van der Waals surface area (Å²) >= 11 is 0. The summed E-state index contributed by atoms with van der Waals surface area (Å²) in [6.07, 6.45) is 1.71. The number of nitrogens with one attached hydrogen (secondary N) is 2. The van der Waals surface area contributed by atoms with Crippen LogP contribution in [-0.4, -0.2) is 17.4 Å². The van der Waals surface area contributed by atoms with Crippen LogP contribution >= 0.6 is 0 Å². The van der Waals surface area contributed by atoms with E-state index >= 15 is 0 Å². The van der Waals surface area contributed by atoms with Gasteiger partial charge in [-0.2, -0.15) is 0 Å². The Hall–Kier alpha value is -2.14. The van der Waals surface area contributed by atoms with Gasteiger partial charge in [-0.05, 0) is 38.1 Å². The van der Waals surface area contributed by atoms with Gasteiger partial charge in [0.05, 0.1) is 24.8 Å². The van der Waals surface area contributed by atoms with Crippen LogP contribution in [0.15, 0.2) is 40.9 Å². The normalized spacial score (nSPS) is 12.1. The van der Waals surface area contributed by atoms with Crippen LogP contribution in [0.4, 0.5) is 0 Å². The molecule has 0 unspecified atom stereocenters. The molecular formula is C15H19N3O2. The average Bonchev–Trinajstić information content (AvgIpc) is 2.90. The van der Waals surface area contributed by atoms with Crippen molar-refractivity contribution in [1.82, 2.24) is 15.6 Å². The number of hydrogen-bond donors (Lipinski definition) is 2. The summed E-state index contributed by atoms with van der Waals surface area (Å²) in [5.74, 6) is 1.64. The van der Waals surface area contributed by atoms with E-state index in [0.717, 1.165) is 17.2 Å². The van der Waals surface area contributed by atoms with Crippen LogP contribution in [0.1, 0.15) is 30.2 Å². The van der Waals surface area contributed by atoms with Gasteiger partial charge in [-0.15, -0.1) is 0 Å². The van der Waals surface area contributed by atoms with Crippen molar-refractivity contribution >= 4 is 5.91 Å². The van der Waals surface area contributed by atoms with E-state index in [-0.39, 0.29) is 18.5 Å². The smallest absolute Gasteiger partial charge is 0.234 e. The first-order valence-corrected chi connectivity index (χ1v) is 6.61. The Balaban J connectivity index is 1.72. The highest BCUT2D eigenvalue weighted by molar-refractivity contribution is 5.77. The van der Waals surface area contributed by atoms with Gasteiger partial charge in [0.25, 0.3) is 0 Å². The highest BCUT2D eigenvalue weighted by atomic mass is 16.3. The summed E-state index contributed by atoms with van der Waals surface area (Å²) in [7, 11) is 0. The molecule has 2 rings (SSSR count). The predicted molar refractivity (Wildman–Crippen MR) is 75.9 cm³/mol. The molecule has 0 spiro atoms. The summed E-state index contributed by atoms with van der Waals surface area (Å²) in [6.45, 7) is 4.55. The first-order chi connectivity index (χ1) is 9.65. The van der Waals surface area contributed by atoms with Gasteiger partial charge in [-0.1, -0.05) is 6.07 Å². The number of hydrogen-bond acceptors (Lipinski definition) is 4. The molecule has 0 saturated heterocycles. The molecular weight excluding hydrogens is 254 g/mol. The molecule has 20 heavy (non-hydrogen) atoms. The molecule has 2 heterocycles. The third-order valence-electron chi connectivity index (χ3n) is 2.95. The maximum absolute atomic E-state index is 11.7. The first kappa shape index (κ1) is 14.3. The minimum Gasteiger partial charge on any atom is -0.465 e. The molecule has 5 heteroatoms. The lowest BCUT2D eigenvalue weighted by molar-refractivity contribution is -0.120. The van der Waals surface area contributed by atoms with Gasteiger partial charge in [-0.3, -0.25) is 15.1 Å². The molecule has 2 N–H and O–H groups in total. The van der Waals surface area contributed by atoms with Gasteiger partial charge in [0.15, 0.2) is 0 Å². The van der Waals surface area contributed by atoms with Crippen molar-refractivity contribution in [3.63, 3.8) is 0 Å². The molecule has 106 valence electrons. The van der Waals surface area contributed by atoms with Crippen molar-refractivity contribution in [2.45, 2.75) is 26.4 Å². The van der Waals surface area contributed by atoms with Gasteiger partial charge >= 0.3 is 0 Å². The molecule has 0 saturated carbocycles. The molecule has 1 amide bonds. The summed E-state index contributed by atoms with van der Waals surface area (Å²) in [6, 6.07) is 9.45. The Kier molecular flexibility index (Phi) is 4.90. The minimum atomic E-state index is -0.0641. The van der Waals surface area contributed by atoms with E-state index in [4.69, 9.17) is 4.42 Å². The molecule has 0 bridgehead atoms. The number of carbonyl (C=O) groups is 1. The van der Waals surface area contributed by atoms with E-state index in [2.05, 4.69) is 15.6 Å². The summed E-state index contributed by atoms with van der Waals surface area (Å²) < 4.78 is 5.50. The molecule has 5 nitrogen and oxygen atoms in total. The standard InChI is InChI=1S/C15H19N3O2/c1-11-6-7-14(20-11)12(2)17-10-15(19)18-9-13-5-3-4-8-16-13/h3-8,12,17H,9-10H2,1-2H3,(H,18,19)/t12-/m0/s1. The zero-order valence-electron chi connectivity index (χ0n) is 11.7. The quantitative estimate of drug-likeness (QED) is 0.844. The lowest BCUT2D eigenvalue weighted by Gasteiger charge is -2.11. The van der Waals surface area contributed by atoms with Gasteiger partial charge in [0.1, 0.15) is 11.5 Å². The maximum atomic E-state index is 11.7. The molecule has 0 radical (unpaired) electrons. The highest BCUT2D eigenvalue weighted by Crippen LogP contribution is 2.14. The third-order valence-corrected chi connectivity index (χ3v) is 2.95. The second-order valence-electron chi connectivity index (χ2n) is 4.65. The Morgan fingerprint density at radius 1 is 1.35 bits per heavy atom. The van der Waals surface area contributed by atoms with Crippen molar-refractivity contribution in [2.24, 2.45) is 0 Å². The van der Waals surface area contributed by atoms with Gasteiger partial charge in [0.2, 0.25) is 5.91 Å². The molecule has 1 atom stereocenters. The monoisotopic (exact) mass is 273 g/mol. The van der Waals surface area contributed by atoms with Gasteiger partial charge < -0.3 is 9.73 Å². The van der Waals surface area contributed by atoms with Crippen LogP contribution < -0.4 is 10.6 Å². The zero-order valence-corrected chi connectivity index (χ0v) is 11.7. The van der Waals surface area contributed by atoms with Crippen molar-refractivity contribution in [3.8, 4) is 0 Å². The fraction of sp³-hybridized carbons (Fsp3) is 0.333. The second kappa shape index (κ2) is 6.86. The number of amides is 1. The van der Waals surface area contributed by atoms with Crippen molar-refractivity contribution in [3.05, 3.63) is 53.7 Å². The number of rotatable bonds is 6. The van der Waals surface area contributed by atoms with E-state index in [9.17, 15) is 4.79 Å². The zero-order chi connectivity index (χ0) is 14.4. The van der Waals surface area contributed by atoms with Crippen molar-refractivity contribution in [2.75, 3.05) is 6.54 Å². The van der Waals surface area contributed by atoms with Crippen LogP contribution in [0.2, 0.25) is 0 Å². The fourth-order valence-electron chi connectivity index (χ4n) is 1.79. The van der Waals surface area contributed by atoms with Crippen LogP contribution in [0.3, 0.4) is 0 Å². The minimum absolute atomic E-state index is 0.00398. The third kappa shape index (κ3) is 4.20. The SMILES string of the molecule is Cc1ccc([C@H](C)NCC(=O)NCc2ccccn2)o1. The van der Waals surface area contributed by atoms with Crippen LogP contribution in [0.25, 0.3) is 0 Å². The van der Waals surface area contributed by atoms with Gasteiger partial charge in [-0.25, -0.2) is 0 Å². The van der Waals surface area contributed by atoms with Crippen molar-refractivity contribution in [1.29, 1.82) is 0 Å². The number of carbonyl (C=O) groups excluding carboxylic acids is 1. The molecule has 0 aromatic carbocycles. The molecule has 0 aliphatic carbocycles. The predicted octanol–water partition coefficient (Wildman–Crippen LogP) is 1.95. The summed E-state index contributed by atoms with van der Waals surface area (Å²) in [4.78, 5) is 15.9. The lowest BCUT2D eigenvalue weighted by Crippen LogP contribution is -2.34. The Morgan fingerprint density at radius 2 is 2.20 bits per heavy atom. The number of furan rings is 1. The maximum Gasteiger partial charge on any atom is 0.234 e. The van der Waals surface area contributed by atoms with E-state index in [1.165, 1.54) is 0 Å². The van der Waals surface area contributed by atoms with E-state index in [0.29, 0.717) is 6.54 Å². The topological polar surface area (TPSA) is 67.2 Å². The number of nitrogens with zero attached hydrogens (tertiary/aromatic N) is 1. The van der Waals surface area contributed by atoms with Crippen LogP contribution in [-0.2, 0) is 11.3 Å². The Labute approximate surface area is 118 Å². The largest absolute Gasteiger partial charge is 0.465 e. The highest BCUT2D eigenvalue weighted by Gasteiger charge is 2.10. The summed E-state index contributed by atoms with van der Waals surface area (Å²) in [5, 5.41) is 5.94. The van der Waals surface area contributed by atoms with E-state index in [1.54, 1.807) is 6.20 Å². The van der Waals surface area contributed by atoms with E-state index in [1.807, 2.05) is 44.2 Å². The number of aryl methyl sites for hydroxylation is 1. The fourth-order valence-corrected chi connectivity index (χ4v) is 1.79. The Morgan fingerprint density at radius 3 is 2.85 bits per heavy atom. The van der Waals surface area contributed by atoms with E-state index < -0.39 is 0 Å². The van der Waals surface area contributed by atoms with Gasteiger partial charge in [0, 0.05) is 6.20 Å². The average molecular weight is 273 g/mol. The number of aromatic nitrogens is 1. The van der Waals surface area contributed by atoms with Crippen LogP contribution in [0.5, 0.6) is 0 Å². The molecule has 2 aromatic rings. The molecule has 0 fully saturated rings. The second-order valence-corrected chi connectivity index (χ2v) is 4.65. The first-order valence-electron chi connectivity index (χ1n) is 6.61. The lowest BCUT2D eigenvalue weighted by atomic mass is 10.2. The Bertz CT molecular complexity index is 551. The molecule has 2 aromatic heterocycles. The van der Waals surface area contributed by atoms with Crippen LogP contribution in [0, 0.1) is 6.92 Å².